The number of likely N-dealkylation sites (tertiary alicyclic amines) is 1. The third-order valence-corrected chi connectivity index (χ3v) is 5.44. The number of piperazine rings is 1. The fourth-order valence-corrected chi connectivity index (χ4v) is 3.54. The summed E-state index contributed by atoms with van der Waals surface area (Å²) in [6, 6.07) is -0.0640. The Bertz CT molecular complexity index is 413. The normalized spacial score (nSPS) is 22.4. The van der Waals surface area contributed by atoms with Crippen molar-refractivity contribution in [1.29, 1.82) is 0 Å². The van der Waals surface area contributed by atoms with Crippen LogP contribution in [0.2, 0.25) is 0 Å². The standard InChI is InChI=1S/C18H34N4O2/c1-4-7-19-18(24)15(2)21-8-5-16(6-9-21)14-17(23)22-12-10-20(3)11-13-22/h15-16H,4-14H2,1-3H3,(H,19,24). The van der Waals surface area contributed by atoms with Gasteiger partial charge in [0.15, 0.2) is 0 Å². The highest BCUT2D eigenvalue weighted by Crippen LogP contribution is 2.23. The number of carbonyl (C=O) groups is 2. The van der Waals surface area contributed by atoms with Crippen molar-refractivity contribution in [3.8, 4) is 0 Å². The Morgan fingerprint density at radius 2 is 1.71 bits per heavy atom. The van der Waals surface area contributed by atoms with Crippen LogP contribution in [0.5, 0.6) is 0 Å². The minimum atomic E-state index is -0.0640. The summed E-state index contributed by atoms with van der Waals surface area (Å²) in [7, 11) is 2.11. The molecule has 1 unspecified atom stereocenters. The predicted molar refractivity (Wildman–Crippen MR) is 95.8 cm³/mol. The summed E-state index contributed by atoms with van der Waals surface area (Å²) >= 11 is 0. The van der Waals surface area contributed by atoms with Gasteiger partial charge in [-0.2, -0.15) is 0 Å². The second-order valence-corrected chi connectivity index (χ2v) is 7.33. The van der Waals surface area contributed by atoms with Gasteiger partial charge in [-0.05, 0) is 52.2 Å². The van der Waals surface area contributed by atoms with Gasteiger partial charge in [0.1, 0.15) is 0 Å². The Balaban J connectivity index is 1.70. The van der Waals surface area contributed by atoms with Crippen LogP contribution in [0, 0.1) is 5.92 Å². The van der Waals surface area contributed by atoms with Crippen molar-refractivity contribution in [2.75, 3.05) is 52.9 Å². The zero-order valence-corrected chi connectivity index (χ0v) is 15.6. The number of hydrogen-bond donors (Lipinski definition) is 1. The fraction of sp³-hybridized carbons (Fsp3) is 0.889. The van der Waals surface area contributed by atoms with E-state index in [9.17, 15) is 9.59 Å². The first-order chi connectivity index (χ1) is 11.5. The maximum atomic E-state index is 12.4. The molecule has 2 aliphatic rings. The van der Waals surface area contributed by atoms with Gasteiger partial charge >= 0.3 is 0 Å². The summed E-state index contributed by atoms with van der Waals surface area (Å²) in [4.78, 5) is 31.1. The highest BCUT2D eigenvalue weighted by atomic mass is 16.2. The van der Waals surface area contributed by atoms with Crippen LogP contribution in [-0.4, -0.2) is 85.4 Å². The van der Waals surface area contributed by atoms with E-state index in [-0.39, 0.29) is 11.9 Å². The second kappa shape index (κ2) is 9.37. The van der Waals surface area contributed by atoms with Gasteiger partial charge in [-0.25, -0.2) is 0 Å². The van der Waals surface area contributed by atoms with Crippen molar-refractivity contribution >= 4 is 11.8 Å². The zero-order valence-electron chi connectivity index (χ0n) is 15.6. The zero-order chi connectivity index (χ0) is 17.5. The average molecular weight is 338 g/mol. The number of rotatable bonds is 6. The number of piperidine rings is 1. The molecule has 0 saturated carbocycles. The van der Waals surface area contributed by atoms with Crippen LogP contribution < -0.4 is 5.32 Å². The van der Waals surface area contributed by atoms with Gasteiger partial charge in [-0.3, -0.25) is 14.5 Å². The molecule has 2 aliphatic heterocycles. The topological polar surface area (TPSA) is 55.9 Å². The molecular formula is C18H34N4O2. The summed E-state index contributed by atoms with van der Waals surface area (Å²) in [5.74, 6) is 0.915. The lowest BCUT2D eigenvalue weighted by molar-refractivity contribution is -0.134. The van der Waals surface area contributed by atoms with Crippen LogP contribution in [0.1, 0.15) is 39.5 Å². The van der Waals surface area contributed by atoms with Crippen molar-refractivity contribution in [2.24, 2.45) is 5.92 Å². The van der Waals surface area contributed by atoms with Crippen LogP contribution in [0.15, 0.2) is 0 Å². The van der Waals surface area contributed by atoms with Crippen molar-refractivity contribution in [3.05, 3.63) is 0 Å². The highest BCUT2D eigenvalue weighted by Gasteiger charge is 2.29. The average Bonchev–Trinajstić information content (AvgIpc) is 2.60. The van der Waals surface area contributed by atoms with Crippen molar-refractivity contribution in [1.82, 2.24) is 20.0 Å². The summed E-state index contributed by atoms with van der Waals surface area (Å²) in [5.41, 5.74) is 0. The van der Waals surface area contributed by atoms with E-state index in [1.165, 1.54) is 0 Å². The molecule has 2 saturated heterocycles. The molecular weight excluding hydrogens is 304 g/mol. The minimum absolute atomic E-state index is 0.0640. The number of carbonyl (C=O) groups excluding carboxylic acids is 2. The number of hydrogen-bond acceptors (Lipinski definition) is 4. The van der Waals surface area contributed by atoms with Gasteiger partial charge in [0.25, 0.3) is 0 Å². The molecule has 0 aliphatic carbocycles. The van der Waals surface area contributed by atoms with Gasteiger partial charge in [0.2, 0.25) is 11.8 Å². The third-order valence-electron chi connectivity index (χ3n) is 5.44. The van der Waals surface area contributed by atoms with Crippen LogP contribution in [0.4, 0.5) is 0 Å². The first kappa shape index (κ1) is 19.2. The molecule has 6 nitrogen and oxygen atoms in total. The molecule has 0 radical (unpaired) electrons. The molecule has 1 atom stereocenters. The van der Waals surface area contributed by atoms with Gasteiger partial charge in [-0.1, -0.05) is 6.92 Å². The molecule has 0 aromatic carbocycles. The van der Waals surface area contributed by atoms with Gasteiger partial charge in [0.05, 0.1) is 6.04 Å². The van der Waals surface area contributed by atoms with Gasteiger partial charge in [0, 0.05) is 39.1 Å². The molecule has 2 fully saturated rings. The Hall–Kier alpha value is -1.14. The van der Waals surface area contributed by atoms with Crippen molar-refractivity contribution in [2.45, 2.75) is 45.6 Å². The van der Waals surface area contributed by atoms with E-state index in [2.05, 4.69) is 29.1 Å². The second-order valence-electron chi connectivity index (χ2n) is 7.33. The van der Waals surface area contributed by atoms with Gasteiger partial charge in [-0.15, -0.1) is 0 Å². The SMILES string of the molecule is CCCNC(=O)C(C)N1CCC(CC(=O)N2CCN(C)CC2)CC1. The smallest absolute Gasteiger partial charge is 0.237 e. The molecule has 6 heteroatoms. The van der Waals surface area contributed by atoms with Crippen LogP contribution in [0.3, 0.4) is 0 Å². The molecule has 2 rings (SSSR count). The Kier molecular flexibility index (Phi) is 7.49. The maximum Gasteiger partial charge on any atom is 0.237 e. The Labute approximate surface area is 146 Å². The van der Waals surface area contributed by atoms with Gasteiger partial charge < -0.3 is 15.1 Å². The lowest BCUT2D eigenvalue weighted by atomic mass is 9.92. The lowest BCUT2D eigenvalue weighted by Gasteiger charge is -2.37. The lowest BCUT2D eigenvalue weighted by Crippen LogP contribution is -2.49. The first-order valence-electron chi connectivity index (χ1n) is 9.49. The molecule has 0 spiro atoms. The maximum absolute atomic E-state index is 12.4. The van der Waals surface area contributed by atoms with Crippen LogP contribution in [0.25, 0.3) is 0 Å². The van der Waals surface area contributed by atoms with E-state index in [4.69, 9.17) is 0 Å². The number of nitrogens with one attached hydrogen (secondary N) is 1. The molecule has 0 bridgehead atoms. The van der Waals surface area contributed by atoms with E-state index in [1.807, 2.05) is 11.8 Å². The molecule has 2 heterocycles. The quantitative estimate of drug-likeness (QED) is 0.777. The van der Waals surface area contributed by atoms with E-state index >= 15 is 0 Å². The Morgan fingerprint density at radius 1 is 1.08 bits per heavy atom. The summed E-state index contributed by atoms with van der Waals surface area (Å²) in [5, 5.41) is 2.97. The number of amides is 2. The predicted octanol–water partition coefficient (Wildman–Crippen LogP) is 0.777. The summed E-state index contributed by atoms with van der Waals surface area (Å²) < 4.78 is 0. The van der Waals surface area contributed by atoms with Crippen molar-refractivity contribution in [3.63, 3.8) is 0 Å². The molecule has 2 amide bonds. The third kappa shape index (κ3) is 5.45. The molecule has 24 heavy (non-hydrogen) atoms. The number of nitrogens with zero attached hydrogens (tertiary/aromatic N) is 3. The fourth-order valence-electron chi connectivity index (χ4n) is 3.54. The monoisotopic (exact) mass is 338 g/mol. The van der Waals surface area contributed by atoms with E-state index in [0.29, 0.717) is 18.2 Å². The van der Waals surface area contributed by atoms with Crippen molar-refractivity contribution < 1.29 is 9.59 Å². The summed E-state index contributed by atoms with van der Waals surface area (Å²) in [6.07, 6.45) is 3.68. The van der Waals surface area contributed by atoms with E-state index in [0.717, 1.165) is 65.1 Å². The van der Waals surface area contributed by atoms with E-state index < -0.39 is 0 Å². The molecule has 1 N–H and O–H groups in total. The van der Waals surface area contributed by atoms with E-state index in [1.54, 1.807) is 0 Å². The number of likely N-dealkylation sites (N-methyl/N-ethyl adjacent to an activating group) is 1. The minimum Gasteiger partial charge on any atom is -0.355 e. The molecule has 0 aromatic heterocycles. The van der Waals surface area contributed by atoms with Crippen LogP contribution in [-0.2, 0) is 9.59 Å². The first-order valence-corrected chi connectivity index (χ1v) is 9.49. The largest absolute Gasteiger partial charge is 0.355 e. The highest BCUT2D eigenvalue weighted by molar-refractivity contribution is 5.81. The molecule has 0 aromatic rings. The molecule has 138 valence electrons. The van der Waals surface area contributed by atoms with Crippen LogP contribution >= 0.6 is 0 Å². The Morgan fingerprint density at radius 3 is 2.29 bits per heavy atom. The summed E-state index contributed by atoms with van der Waals surface area (Å²) in [6.45, 7) is 10.3.